The van der Waals surface area contributed by atoms with Crippen molar-refractivity contribution in [3.63, 3.8) is 0 Å². The molecule has 1 heterocycles. The number of aryl methyl sites for hydroxylation is 2. The van der Waals surface area contributed by atoms with E-state index < -0.39 is 0 Å². The van der Waals surface area contributed by atoms with E-state index in [0.717, 1.165) is 22.6 Å². The van der Waals surface area contributed by atoms with Gasteiger partial charge in [-0.2, -0.15) is 4.57 Å². The second-order valence-corrected chi connectivity index (χ2v) is 4.73. The summed E-state index contributed by atoms with van der Waals surface area (Å²) in [7, 11) is 1.64. The normalized spacial score (nSPS) is 9.67. The molecular weight excluding hydrogens is 341 g/mol. The number of benzene rings is 1. The summed E-state index contributed by atoms with van der Waals surface area (Å²) < 4.78 is 7.05. The average Bonchev–Trinajstić information content (AvgIpc) is 2.43. The number of methoxy groups -OCH3 is 1. The number of rotatable bonds is 4. The van der Waals surface area contributed by atoms with E-state index in [9.17, 15) is 4.79 Å². The van der Waals surface area contributed by atoms with E-state index in [4.69, 9.17) is 4.74 Å². The third-order valence-electron chi connectivity index (χ3n) is 3.11. The number of hydrogen-bond acceptors (Lipinski definition) is 2. The minimum atomic E-state index is -0.0439. The van der Waals surface area contributed by atoms with Crippen molar-refractivity contribution in [3.05, 3.63) is 53.9 Å². The van der Waals surface area contributed by atoms with E-state index in [1.54, 1.807) is 7.11 Å². The summed E-state index contributed by atoms with van der Waals surface area (Å²) in [5, 5.41) is 2.96. The molecule has 1 aromatic carbocycles. The molecule has 1 radical (unpaired) electrons. The predicted octanol–water partition coefficient (Wildman–Crippen LogP) is 2.24. The van der Waals surface area contributed by atoms with Gasteiger partial charge < -0.3 is 10.1 Å². The first kappa shape index (κ1) is 17.8. The van der Waals surface area contributed by atoms with Gasteiger partial charge in [0.2, 0.25) is 6.54 Å². The standard InChI is InChI=1S/C16H18N2O2.Y/c1-12-9-14(20-3)10-13(2)16(12)17-15(19)11-18-7-5-4-6-8-18;/h4-10H,11H2,1-3H3;/p+1. The zero-order chi connectivity index (χ0) is 14.5. The van der Waals surface area contributed by atoms with Crippen LogP contribution in [0.5, 0.6) is 5.75 Å². The average molecular weight is 360 g/mol. The van der Waals surface area contributed by atoms with E-state index in [1.807, 2.05) is 61.1 Å². The zero-order valence-electron chi connectivity index (χ0n) is 12.6. The molecule has 0 aliphatic carbocycles. The van der Waals surface area contributed by atoms with Crippen molar-refractivity contribution in [2.75, 3.05) is 12.4 Å². The summed E-state index contributed by atoms with van der Waals surface area (Å²) in [5.41, 5.74) is 2.84. The minimum absolute atomic E-state index is 0. The number of carbonyl (C=O) groups is 1. The first-order valence-electron chi connectivity index (χ1n) is 6.49. The van der Waals surface area contributed by atoms with Gasteiger partial charge in [-0.15, -0.1) is 0 Å². The summed E-state index contributed by atoms with van der Waals surface area (Å²) >= 11 is 0. The van der Waals surface area contributed by atoms with Crippen LogP contribution in [-0.2, 0) is 44.0 Å². The van der Waals surface area contributed by atoms with Crippen LogP contribution in [0.4, 0.5) is 5.69 Å². The molecule has 0 saturated carbocycles. The quantitative estimate of drug-likeness (QED) is 0.850. The molecule has 2 rings (SSSR count). The molecule has 4 nitrogen and oxygen atoms in total. The number of ether oxygens (including phenoxy) is 1. The molecule has 0 unspecified atom stereocenters. The minimum Gasteiger partial charge on any atom is -0.497 e. The van der Waals surface area contributed by atoms with Crippen molar-refractivity contribution in [2.24, 2.45) is 0 Å². The van der Waals surface area contributed by atoms with Gasteiger partial charge >= 0.3 is 0 Å². The first-order valence-corrected chi connectivity index (χ1v) is 6.49. The molecule has 2 aromatic rings. The van der Waals surface area contributed by atoms with Crippen LogP contribution in [0.15, 0.2) is 42.7 Å². The predicted molar refractivity (Wildman–Crippen MR) is 77.7 cm³/mol. The molecule has 0 saturated heterocycles. The Morgan fingerprint density at radius 2 is 1.71 bits per heavy atom. The molecule has 1 N–H and O–H groups in total. The van der Waals surface area contributed by atoms with Crippen LogP contribution in [0.2, 0.25) is 0 Å². The number of carbonyl (C=O) groups excluding carboxylic acids is 1. The fourth-order valence-electron chi connectivity index (χ4n) is 2.12. The number of hydrogen-bond donors (Lipinski definition) is 1. The van der Waals surface area contributed by atoms with Crippen molar-refractivity contribution in [3.8, 4) is 5.75 Å². The van der Waals surface area contributed by atoms with Gasteiger partial charge in [-0.25, -0.2) is 0 Å². The maximum absolute atomic E-state index is 12.1. The maximum Gasteiger partial charge on any atom is 0.290 e. The summed E-state index contributed by atoms with van der Waals surface area (Å²) in [6.45, 7) is 4.22. The van der Waals surface area contributed by atoms with Gasteiger partial charge in [0.25, 0.3) is 5.91 Å². The van der Waals surface area contributed by atoms with Gasteiger partial charge in [-0.1, -0.05) is 6.07 Å². The molecule has 5 heteroatoms. The molecule has 1 aromatic heterocycles. The fraction of sp³-hybridized carbons (Fsp3) is 0.250. The fourth-order valence-corrected chi connectivity index (χ4v) is 2.12. The van der Waals surface area contributed by atoms with E-state index >= 15 is 0 Å². The second kappa shape index (κ2) is 8.25. The van der Waals surface area contributed by atoms with Crippen LogP contribution < -0.4 is 14.6 Å². The SMILES string of the molecule is COc1cc(C)c(NC(=O)C[n+]2ccccc2)c(C)c1.[Y]. The van der Waals surface area contributed by atoms with Crippen LogP contribution >= 0.6 is 0 Å². The van der Waals surface area contributed by atoms with Crippen LogP contribution in [0, 0.1) is 13.8 Å². The van der Waals surface area contributed by atoms with Gasteiger partial charge in [-0.3, -0.25) is 4.79 Å². The zero-order valence-corrected chi connectivity index (χ0v) is 15.4. The largest absolute Gasteiger partial charge is 0.497 e. The molecule has 107 valence electrons. The Kier molecular flexibility index (Phi) is 6.99. The molecule has 0 bridgehead atoms. The number of anilines is 1. The van der Waals surface area contributed by atoms with Crippen LogP contribution in [0.3, 0.4) is 0 Å². The van der Waals surface area contributed by atoms with Gasteiger partial charge in [0, 0.05) is 50.5 Å². The Bertz CT molecular complexity index is 592. The first-order chi connectivity index (χ1) is 9.60. The van der Waals surface area contributed by atoms with E-state index in [0.29, 0.717) is 6.54 Å². The molecule has 0 aliphatic heterocycles. The van der Waals surface area contributed by atoms with E-state index in [1.165, 1.54) is 0 Å². The van der Waals surface area contributed by atoms with Gasteiger partial charge in [-0.05, 0) is 37.1 Å². The monoisotopic (exact) mass is 360 g/mol. The van der Waals surface area contributed by atoms with Crippen LogP contribution in [0.25, 0.3) is 0 Å². The van der Waals surface area contributed by atoms with Crippen molar-refractivity contribution >= 4 is 11.6 Å². The Hall–Kier alpha value is -1.26. The third-order valence-corrected chi connectivity index (χ3v) is 3.11. The number of amides is 1. The second-order valence-electron chi connectivity index (χ2n) is 4.73. The molecule has 0 spiro atoms. The number of aromatic nitrogens is 1. The van der Waals surface area contributed by atoms with Crippen LogP contribution in [0.1, 0.15) is 11.1 Å². The topological polar surface area (TPSA) is 42.2 Å². The molecule has 0 aliphatic rings. The maximum atomic E-state index is 12.1. The van der Waals surface area contributed by atoms with Gasteiger partial charge in [0.05, 0.1) is 7.11 Å². The Labute approximate surface area is 150 Å². The van der Waals surface area contributed by atoms with Crippen LogP contribution in [-0.4, -0.2) is 13.0 Å². The van der Waals surface area contributed by atoms with E-state index in [2.05, 4.69) is 5.32 Å². The van der Waals surface area contributed by atoms with E-state index in [-0.39, 0.29) is 38.6 Å². The Morgan fingerprint density at radius 3 is 2.24 bits per heavy atom. The third kappa shape index (κ3) is 4.90. The number of nitrogens with one attached hydrogen (secondary N) is 1. The molecular formula is C16H19N2O2Y+. The summed E-state index contributed by atoms with van der Waals surface area (Å²) in [4.78, 5) is 12.1. The summed E-state index contributed by atoms with van der Waals surface area (Å²) in [5.74, 6) is 0.757. The van der Waals surface area contributed by atoms with Crippen molar-refractivity contribution in [1.82, 2.24) is 0 Å². The number of pyridine rings is 1. The van der Waals surface area contributed by atoms with Gasteiger partial charge in [0.1, 0.15) is 5.75 Å². The van der Waals surface area contributed by atoms with Crippen molar-refractivity contribution in [1.29, 1.82) is 0 Å². The van der Waals surface area contributed by atoms with Crippen molar-refractivity contribution in [2.45, 2.75) is 20.4 Å². The summed E-state index contributed by atoms with van der Waals surface area (Å²) in [6.07, 6.45) is 3.74. The Balaban J connectivity index is 0.00000220. The number of nitrogens with zero attached hydrogens (tertiary/aromatic N) is 1. The molecule has 0 fully saturated rings. The molecule has 0 atom stereocenters. The van der Waals surface area contributed by atoms with Crippen molar-refractivity contribution < 1.29 is 46.8 Å². The summed E-state index contributed by atoms with van der Waals surface area (Å²) in [6, 6.07) is 9.55. The Morgan fingerprint density at radius 1 is 1.14 bits per heavy atom. The molecule has 21 heavy (non-hydrogen) atoms. The van der Waals surface area contributed by atoms with Gasteiger partial charge in [0.15, 0.2) is 12.4 Å². The smallest absolute Gasteiger partial charge is 0.290 e. The molecule has 1 amide bonds.